The van der Waals surface area contributed by atoms with E-state index in [0.29, 0.717) is 5.92 Å². The van der Waals surface area contributed by atoms with Crippen LogP contribution in [0.5, 0.6) is 0 Å². The van der Waals surface area contributed by atoms with Gasteiger partial charge < -0.3 is 4.74 Å². The molecule has 3 heteroatoms. The number of hydrogen-bond acceptors (Lipinski definition) is 3. The number of likely N-dealkylation sites (tertiary alicyclic amines) is 1. The quantitative estimate of drug-likeness (QED) is 0.667. The van der Waals surface area contributed by atoms with Crippen LogP contribution >= 0.6 is 0 Å². The molecule has 0 aromatic rings. The second kappa shape index (κ2) is 3.78. The van der Waals surface area contributed by atoms with E-state index in [4.69, 9.17) is 4.74 Å². The lowest BCUT2D eigenvalue weighted by Gasteiger charge is -2.37. The average molecular weight is 211 g/mol. The summed E-state index contributed by atoms with van der Waals surface area (Å²) in [6.45, 7) is 5.51. The molecule has 1 saturated heterocycles. The van der Waals surface area contributed by atoms with E-state index in [9.17, 15) is 4.79 Å². The SMILES string of the molecule is COC(=O)C(C1CC1)N1CCCC1(C)C. The maximum atomic E-state index is 11.8. The van der Waals surface area contributed by atoms with E-state index in [2.05, 4.69) is 18.7 Å². The molecule has 0 bridgehead atoms. The number of rotatable bonds is 3. The fourth-order valence-corrected chi connectivity index (χ4v) is 2.75. The molecular weight excluding hydrogens is 190 g/mol. The van der Waals surface area contributed by atoms with Gasteiger partial charge in [0.25, 0.3) is 0 Å². The van der Waals surface area contributed by atoms with Gasteiger partial charge in [-0.25, -0.2) is 0 Å². The summed E-state index contributed by atoms with van der Waals surface area (Å²) in [6, 6.07) is 0.0208. The Kier molecular flexibility index (Phi) is 2.75. The van der Waals surface area contributed by atoms with E-state index in [0.717, 1.165) is 6.54 Å². The van der Waals surface area contributed by atoms with Crippen LogP contribution in [0.1, 0.15) is 39.5 Å². The summed E-state index contributed by atoms with van der Waals surface area (Å²) in [5.41, 5.74) is 0.168. The Morgan fingerprint density at radius 3 is 2.53 bits per heavy atom. The summed E-state index contributed by atoms with van der Waals surface area (Å²) in [4.78, 5) is 14.2. The molecule has 0 radical (unpaired) electrons. The minimum Gasteiger partial charge on any atom is -0.468 e. The maximum Gasteiger partial charge on any atom is 0.323 e. The van der Waals surface area contributed by atoms with Crippen LogP contribution in [0.4, 0.5) is 0 Å². The summed E-state index contributed by atoms with van der Waals surface area (Å²) in [6.07, 6.45) is 4.76. The highest BCUT2D eigenvalue weighted by molar-refractivity contribution is 5.76. The molecule has 2 fully saturated rings. The Hall–Kier alpha value is -0.570. The number of esters is 1. The van der Waals surface area contributed by atoms with Gasteiger partial charge in [0.2, 0.25) is 0 Å². The fraction of sp³-hybridized carbons (Fsp3) is 0.917. The van der Waals surface area contributed by atoms with E-state index in [1.54, 1.807) is 0 Å². The number of hydrogen-bond donors (Lipinski definition) is 0. The largest absolute Gasteiger partial charge is 0.468 e. The molecule has 0 aromatic carbocycles. The van der Waals surface area contributed by atoms with Crippen LogP contribution < -0.4 is 0 Å². The molecule has 1 heterocycles. The smallest absolute Gasteiger partial charge is 0.323 e. The molecule has 0 spiro atoms. The maximum absolute atomic E-state index is 11.8. The lowest BCUT2D eigenvalue weighted by atomic mass is 9.99. The van der Waals surface area contributed by atoms with Crippen LogP contribution in [0.2, 0.25) is 0 Å². The monoisotopic (exact) mass is 211 g/mol. The number of carbonyl (C=O) groups excluding carboxylic acids is 1. The van der Waals surface area contributed by atoms with Crippen LogP contribution in [-0.4, -0.2) is 36.1 Å². The van der Waals surface area contributed by atoms with E-state index >= 15 is 0 Å². The minimum absolute atomic E-state index is 0.0208. The first-order chi connectivity index (χ1) is 7.06. The molecule has 2 rings (SSSR count). The lowest BCUT2D eigenvalue weighted by molar-refractivity contribution is -0.149. The Labute approximate surface area is 91.8 Å². The molecule has 0 aromatic heterocycles. The zero-order valence-electron chi connectivity index (χ0n) is 9.95. The van der Waals surface area contributed by atoms with Gasteiger partial charge in [0.1, 0.15) is 6.04 Å². The predicted molar refractivity (Wildman–Crippen MR) is 58.5 cm³/mol. The van der Waals surface area contributed by atoms with Crippen molar-refractivity contribution in [3.8, 4) is 0 Å². The van der Waals surface area contributed by atoms with Gasteiger partial charge in [-0.3, -0.25) is 9.69 Å². The first-order valence-corrected chi connectivity index (χ1v) is 5.91. The zero-order chi connectivity index (χ0) is 11.1. The van der Waals surface area contributed by atoms with Crippen molar-refractivity contribution in [1.82, 2.24) is 4.90 Å². The van der Waals surface area contributed by atoms with Crippen molar-refractivity contribution < 1.29 is 9.53 Å². The lowest BCUT2D eigenvalue weighted by Crippen LogP contribution is -2.50. The van der Waals surface area contributed by atoms with Crippen molar-refractivity contribution in [2.45, 2.75) is 51.1 Å². The third kappa shape index (κ3) is 2.03. The van der Waals surface area contributed by atoms with Crippen LogP contribution in [-0.2, 0) is 9.53 Å². The Morgan fingerprint density at radius 2 is 2.13 bits per heavy atom. The van der Waals surface area contributed by atoms with Gasteiger partial charge >= 0.3 is 5.97 Å². The molecule has 15 heavy (non-hydrogen) atoms. The van der Waals surface area contributed by atoms with Crippen LogP contribution in [0.3, 0.4) is 0 Å². The third-order valence-corrected chi connectivity index (χ3v) is 3.81. The Balaban J connectivity index is 2.13. The molecule has 86 valence electrons. The normalized spacial score (nSPS) is 27.7. The highest BCUT2D eigenvalue weighted by atomic mass is 16.5. The molecule has 1 aliphatic heterocycles. The van der Waals surface area contributed by atoms with Crippen molar-refractivity contribution in [2.24, 2.45) is 5.92 Å². The first kappa shape index (κ1) is 10.9. The molecule has 3 nitrogen and oxygen atoms in total. The summed E-state index contributed by atoms with van der Waals surface area (Å²) in [5.74, 6) is 0.516. The van der Waals surface area contributed by atoms with E-state index < -0.39 is 0 Å². The van der Waals surface area contributed by atoms with Gasteiger partial charge in [0.05, 0.1) is 7.11 Å². The van der Waals surface area contributed by atoms with Crippen molar-refractivity contribution in [1.29, 1.82) is 0 Å². The van der Waals surface area contributed by atoms with E-state index in [-0.39, 0.29) is 17.6 Å². The second-order valence-corrected chi connectivity index (χ2v) is 5.41. The molecule has 1 atom stereocenters. The van der Waals surface area contributed by atoms with Crippen LogP contribution in [0.15, 0.2) is 0 Å². The fourth-order valence-electron chi connectivity index (χ4n) is 2.75. The Bertz CT molecular complexity index is 258. The van der Waals surface area contributed by atoms with E-state index in [1.165, 1.54) is 32.8 Å². The third-order valence-electron chi connectivity index (χ3n) is 3.81. The van der Waals surface area contributed by atoms with Crippen molar-refractivity contribution in [3.63, 3.8) is 0 Å². The number of carbonyl (C=O) groups is 1. The highest BCUT2D eigenvalue weighted by Gasteiger charge is 2.47. The molecule has 1 unspecified atom stereocenters. The molecule has 0 amide bonds. The second-order valence-electron chi connectivity index (χ2n) is 5.41. The zero-order valence-corrected chi connectivity index (χ0v) is 9.95. The number of methoxy groups -OCH3 is 1. The molecule has 1 aliphatic carbocycles. The van der Waals surface area contributed by atoms with Gasteiger partial charge in [0.15, 0.2) is 0 Å². The minimum atomic E-state index is -0.0347. The molecule has 0 N–H and O–H groups in total. The van der Waals surface area contributed by atoms with Gasteiger partial charge in [0, 0.05) is 5.54 Å². The van der Waals surface area contributed by atoms with Gasteiger partial charge in [-0.2, -0.15) is 0 Å². The van der Waals surface area contributed by atoms with E-state index in [1.807, 2.05) is 0 Å². The molecular formula is C12H21NO2. The molecule has 2 aliphatic rings. The summed E-state index contributed by atoms with van der Waals surface area (Å²) < 4.78 is 4.94. The summed E-state index contributed by atoms with van der Waals surface area (Å²) in [5, 5.41) is 0. The number of ether oxygens (including phenoxy) is 1. The van der Waals surface area contributed by atoms with Crippen molar-refractivity contribution >= 4 is 5.97 Å². The molecule has 1 saturated carbocycles. The van der Waals surface area contributed by atoms with Gasteiger partial charge in [-0.05, 0) is 52.0 Å². The Morgan fingerprint density at radius 1 is 1.47 bits per heavy atom. The predicted octanol–water partition coefficient (Wildman–Crippen LogP) is 1.81. The first-order valence-electron chi connectivity index (χ1n) is 5.91. The standard InChI is InChI=1S/C12H21NO2/c1-12(2)7-4-8-13(12)10(9-5-6-9)11(14)15-3/h9-10H,4-8H2,1-3H3. The number of nitrogens with zero attached hydrogens (tertiary/aromatic N) is 1. The van der Waals surface area contributed by atoms with Crippen LogP contribution in [0, 0.1) is 5.92 Å². The average Bonchev–Trinajstić information content (AvgIpc) is 2.94. The van der Waals surface area contributed by atoms with Crippen molar-refractivity contribution in [3.05, 3.63) is 0 Å². The highest BCUT2D eigenvalue weighted by Crippen LogP contribution is 2.41. The topological polar surface area (TPSA) is 29.5 Å². The summed E-state index contributed by atoms with van der Waals surface area (Å²) in [7, 11) is 1.50. The summed E-state index contributed by atoms with van der Waals surface area (Å²) >= 11 is 0. The van der Waals surface area contributed by atoms with Crippen LogP contribution in [0.25, 0.3) is 0 Å². The van der Waals surface area contributed by atoms with Gasteiger partial charge in [-0.15, -0.1) is 0 Å². The van der Waals surface area contributed by atoms with Crippen molar-refractivity contribution in [2.75, 3.05) is 13.7 Å². The van der Waals surface area contributed by atoms with Gasteiger partial charge in [-0.1, -0.05) is 0 Å².